The summed E-state index contributed by atoms with van der Waals surface area (Å²) < 4.78 is 18.9. The quantitative estimate of drug-likeness (QED) is 0.831. The summed E-state index contributed by atoms with van der Waals surface area (Å²) in [4.78, 5) is 11.8. The molecule has 21 heavy (non-hydrogen) atoms. The van der Waals surface area contributed by atoms with E-state index in [-0.39, 0.29) is 18.3 Å². The van der Waals surface area contributed by atoms with Crippen molar-refractivity contribution < 1.29 is 13.9 Å². The number of hydrogen-bond acceptors (Lipinski definition) is 3. The number of nitrogens with two attached hydrogens (primary N) is 1. The second-order valence-corrected chi connectivity index (χ2v) is 4.64. The summed E-state index contributed by atoms with van der Waals surface area (Å²) in [6, 6.07) is 12.8. The molecule has 1 unspecified atom stereocenters. The number of para-hydroxylation sites is 2. The molecular formula is C16H17FN2O2. The van der Waals surface area contributed by atoms with Crippen molar-refractivity contribution in [2.24, 2.45) is 0 Å². The van der Waals surface area contributed by atoms with Crippen molar-refractivity contribution in [3.05, 3.63) is 59.9 Å². The molecule has 0 aromatic heterocycles. The maximum Gasteiger partial charge on any atom is 0.258 e. The standard InChI is InChI=1S/C16H17FN2O2/c1-11(12-6-2-3-7-13(12)17)19-16(20)10-21-15-9-5-4-8-14(15)18/h2-9,11H,10,18H2,1H3,(H,19,20). The smallest absolute Gasteiger partial charge is 0.258 e. The summed E-state index contributed by atoms with van der Waals surface area (Å²) in [7, 11) is 0. The van der Waals surface area contributed by atoms with Crippen molar-refractivity contribution in [3.8, 4) is 5.75 Å². The maximum atomic E-state index is 13.6. The van der Waals surface area contributed by atoms with Crippen LogP contribution < -0.4 is 15.8 Å². The minimum Gasteiger partial charge on any atom is -0.482 e. The van der Waals surface area contributed by atoms with Gasteiger partial charge in [0, 0.05) is 5.56 Å². The van der Waals surface area contributed by atoms with E-state index in [1.165, 1.54) is 6.07 Å². The lowest BCUT2D eigenvalue weighted by Gasteiger charge is -2.15. The monoisotopic (exact) mass is 288 g/mol. The summed E-state index contributed by atoms with van der Waals surface area (Å²) >= 11 is 0. The Balaban J connectivity index is 1.90. The van der Waals surface area contributed by atoms with Crippen molar-refractivity contribution in [1.82, 2.24) is 5.32 Å². The van der Waals surface area contributed by atoms with Crippen LogP contribution in [-0.2, 0) is 4.79 Å². The van der Waals surface area contributed by atoms with E-state index >= 15 is 0 Å². The van der Waals surface area contributed by atoms with Gasteiger partial charge in [0.05, 0.1) is 11.7 Å². The van der Waals surface area contributed by atoms with Crippen molar-refractivity contribution in [3.63, 3.8) is 0 Å². The first kappa shape index (κ1) is 14.8. The van der Waals surface area contributed by atoms with Crippen LogP contribution in [0.3, 0.4) is 0 Å². The highest BCUT2D eigenvalue weighted by Crippen LogP contribution is 2.20. The molecule has 2 rings (SSSR count). The molecule has 1 amide bonds. The molecule has 0 aliphatic rings. The van der Waals surface area contributed by atoms with Crippen LogP contribution in [0.2, 0.25) is 0 Å². The zero-order chi connectivity index (χ0) is 15.2. The number of amides is 1. The van der Waals surface area contributed by atoms with E-state index in [0.29, 0.717) is 17.0 Å². The number of rotatable bonds is 5. The molecule has 3 N–H and O–H groups in total. The van der Waals surface area contributed by atoms with Crippen LogP contribution in [0.25, 0.3) is 0 Å². The molecule has 2 aromatic rings. The summed E-state index contributed by atoms with van der Waals surface area (Å²) in [6.45, 7) is 1.54. The third-order valence-electron chi connectivity index (χ3n) is 3.03. The number of anilines is 1. The van der Waals surface area contributed by atoms with Crippen molar-refractivity contribution in [2.75, 3.05) is 12.3 Å². The lowest BCUT2D eigenvalue weighted by Crippen LogP contribution is -2.31. The summed E-state index contributed by atoms with van der Waals surface area (Å²) in [5, 5.41) is 2.68. The molecule has 0 fully saturated rings. The van der Waals surface area contributed by atoms with Crippen molar-refractivity contribution in [1.29, 1.82) is 0 Å². The number of carbonyl (C=O) groups is 1. The third kappa shape index (κ3) is 3.95. The largest absolute Gasteiger partial charge is 0.482 e. The molecule has 0 saturated heterocycles. The fourth-order valence-electron chi connectivity index (χ4n) is 1.94. The zero-order valence-electron chi connectivity index (χ0n) is 11.7. The van der Waals surface area contributed by atoms with Gasteiger partial charge < -0.3 is 15.8 Å². The number of hydrogen-bond donors (Lipinski definition) is 2. The van der Waals surface area contributed by atoms with Gasteiger partial charge in [-0.05, 0) is 25.1 Å². The van der Waals surface area contributed by atoms with Gasteiger partial charge in [0.25, 0.3) is 5.91 Å². The van der Waals surface area contributed by atoms with Gasteiger partial charge in [-0.1, -0.05) is 30.3 Å². The van der Waals surface area contributed by atoms with Gasteiger partial charge in [-0.25, -0.2) is 4.39 Å². The zero-order valence-corrected chi connectivity index (χ0v) is 11.7. The van der Waals surface area contributed by atoms with E-state index in [9.17, 15) is 9.18 Å². The van der Waals surface area contributed by atoms with Gasteiger partial charge in [-0.15, -0.1) is 0 Å². The Morgan fingerprint density at radius 1 is 1.24 bits per heavy atom. The van der Waals surface area contributed by atoms with Gasteiger partial charge in [0.2, 0.25) is 0 Å². The van der Waals surface area contributed by atoms with Gasteiger partial charge in [-0.2, -0.15) is 0 Å². The average molecular weight is 288 g/mol. The van der Waals surface area contributed by atoms with Crippen LogP contribution in [-0.4, -0.2) is 12.5 Å². The highest BCUT2D eigenvalue weighted by molar-refractivity contribution is 5.78. The number of halogens is 1. The van der Waals surface area contributed by atoms with E-state index in [4.69, 9.17) is 10.5 Å². The number of nitrogen functional groups attached to an aromatic ring is 1. The number of benzene rings is 2. The van der Waals surface area contributed by atoms with E-state index in [1.807, 2.05) is 0 Å². The predicted octanol–water partition coefficient (Wildman–Crippen LogP) is 2.66. The minimum absolute atomic E-state index is 0.174. The second kappa shape index (κ2) is 6.74. The predicted molar refractivity (Wildman–Crippen MR) is 79.3 cm³/mol. The first-order valence-electron chi connectivity index (χ1n) is 6.59. The Morgan fingerprint density at radius 2 is 1.90 bits per heavy atom. The lowest BCUT2D eigenvalue weighted by atomic mass is 10.1. The summed E-state index contributed by atoms with van der Waals surface area (Å²) in [6.07, 6.45) is 0. The fourth-order valence-corrected chi connectivity index (χ4v) is 1.94. The topological polar surface area (TPSA) is 64.3 Å². The van der Waals surface area contributed by atoms with Crippen LogP contribution in [0.1, 0.15) is 18.5 Å². The Kier molecular flexibility index (Phi) is 4.77. The number of nitrogens with one attached hydrogen (secondary N) is 1. The normalized spacial score (nSPS) is 11.7. The van der Waals surface area contributed by atoms with Crippen LogP contribution in [0.5, 0.6) is 5.75 Å². The van der Waals surface area contributed by atoms with Gasteiger partial charge in [0.15, 0.2) is 6.61 Å². The highest BCUT2D eigenvalue weighted by atomic mass is 19.1. The molecular weight excluding hydrogens is 271 g/mol. The fraction of sp³-hybridized carbons (Fsp3) is 0.188. The molecule has 0 aliphatic heterocycles. The first-order valence-corrected chi connectivity index (χ1v) is 6.59. The molecule has 0 saturated carbocycles. The Bertz CT molecular complexity index is 631. The second-order valence-electron chi connectivity index (χ2n) is 4.64. The molecule has 0 spiro atoms. The van der Waals surface area contributed by atoms with Crippen molar-refractivity contribution in [2.45, 2.75) is 13.0 Å². The number of ether oxygens (including phenoxy) is 1. The molecule has 0 bridgehead atoms. The summed E-state index contributed by atoms with van der Waals surface area (Å²) in [5.41, 5.74) is 6.61. The van der Waals surface area contributed by atoms with E-state index in [1.54, 1.807) is 49.4 Å². The van der Waals surface area contributed by atoms with E-state index in [0.717, 1.165) is 0 Å². The lowest BCUT2D eigenvalue weighted by molar-refractivity contribution is -0.123. The maximum absolute atomic E-state index is 13.6. The van der Waals surface area contributed by atoms with E-state index in [2.05, 4.69) is 5.32 Å². The molecule has 0 aliphatic carbocycles. The van der Waals surface area contributed by atoms with E-state index < -0.39 is 6.04 Å². The van der Waals surface area contributed by atoms with Gasteiger partial charge >= 0.3 is 0 Å². The molecule has 5 heteroatoms. The molecule has 4 nitrogen and oxygen atoms in total. The molecule has 110 valence electrons. The van der Waals surface area contributed by atoms with Gasteiger partial charge in [0.1, 0.15) is 11.6 Å². The molecule has 0 heterocycles. The third-order valence-corrected chi connectivity index (χ3v) is 3.03. The SMILES string of the molecule is CC(NC(=O)COc1ccccc1N)c1ccccc1F. The highest BCUT2D eigenvalue weighted by Gasteiger charge is 2.13. The number of carbonyl (C=O) groups excluding carboxylic acids is 1. The minimum atomic E-state index is -0.435. The Hall–Kier alpha value is -2.56. The molecule has 1 atom stereocenters. The summed E-state index contributed by atoms with van der Waals surface area (Å²) in [5.74, 6) is -0.237. The van der Waals surface area contributed by atoms with Crippen LogP contribution in [0.4, 0.5) is 10.1 Å². The van der Waals surface area contributed by atoms with Crippen LogP contribution >= 0.6 is 0 Å². The van der Waals surface area contributed by atoms with Crippen LogP contribution in [0, 0.1) is 5.82 Å². The molecule has 2 aromatic carbocycles. The van der Waals surface area contributed by atoms with Gasteiger partial charge in [-0.3, -0.25) is 4.79 Å². The molecule has 0 radical (unpaired) electrons. The Labute approximate surface area is 122 Å². The van der Waals surface area contributed by atoms with Crippen molar-refractivity contribution >= 4 is 11.6 Å². The Morgan fingerprint density at radius 3 is 2.62 bits per heavy atom. The average Bonchev–Trinajstić information content (AvgIpc) is 2.46. The van der Waals surface area contributed by atoms with Crippen LogP contribution in [0.15, 0.2) is 48.5 Å². The first-order chi connectivity index (χ1) is 10.1.